The molecule has 1 N–H and O–H groups in total. The minimum atomic E-state index is -0.268. The highest BCUT2D eigenvalue weighted by atomic mass is 35.5. The second-order valence-corrected chi connectivity index (χ2v) is 4.70. The molecule has 0 aliphatic carbocycles. The van der Waals surface area contributed by atoms with E-state index in [-0.39, 0.29) is 18.1 Å². The first-order valence-electron chi connectivity index (χ1n) is 6.04. The molecule has 5 heteroatoms. The van der Waals surface area contributed by atoms with Crippen LogP contribution in [0.5, 0.6) is 0 Å². The van der Waals surface area contributed by atoms with Crippen molar-refractivity contribution in [1.82, 2.24) is 5.32 Å². The van der Waals surface area contributed by atoms with E-state index in [1.54, 1.807) is 12.1 Å². The number of likely N-dealkylation sites (N-methyl/N-ethyl adjacent to an activating group) is 1. The van der Waals surface area contributed by atoms with Gasteiger partial charge in [0.05, 0.1) is 13.2 Å². The van der Waals surface area contributed by atoms with E-state index in [1.807, 2.05) is 7.05 Å². The highest BCUT2D eigenvalue weighted by Gasteiger charge is 2.22. The Morgan fingerprint density at radius 1 is 1.44 bits per heavy atom. The van der Waals surface area contributed by atoms with Crippen molar-refractivity contribution in [3.05, 3.63) is 34.6 Å². The Morgan fingerprint density at radius 3 is 2.78 bits per heavy atom. The highest BCUT2D eigenvalue weighted by molar-refractivity contribution is 6.31. The maximum absolute atomic E-state index is 13.7. The molecule has 0 radical (unpaired) electrons. The first-order valence-corrected chi connectivity index (χ1v) is 6.42. The van der Waals surface area contributed by atoms with Crippen molar-refractivity contribution in [2.75, 3.05) is 20.3 Å². The number of halogens is 2. The lowest BCUT2D eigenvalue weighted by molar-refractivity contribution is -0.0523. The monoisotopic (exact) mass is 273 g/mol. The lowest BCUT2D eigenvalue weighted by atomic mass is 10.0. The van der Waals surface area contributed by atoms with Crippen LogP contribution in [0.25, 0.3) is 0 Å². The Hall–Kier alpha value is -0.680. The fourth-order valence-corrected chi connectivity index (χ4v) is 2.29. The Kier molecular flexibility index (Phi) is 4.95. The molecule has 1 aromatic rings. The highest BCUT2D eigenvalue weighted by Crippen LogP contribution is 2.22. The Labute approximate surface area is 111 Å². The molecule has 1 heterocycles. The van der Waals surface area contributed by atoms with Gasteiger partial charge in [-0.15, -0.1) is 0 Å². The average molecular weight is 274 g/mol. The molecule has 0 spiro atoms. The zero-order chi connectivity index (χ0) is 13.0. The van der Waals surface area contributed by atoms with Crippen LogP contribution >= 0.6 is 11.6 Å². The normalized spacial score (nSPS) is 18.2. The van der Waals surface area contributed by atoms with E-state index in [0.29, 0.717) is 36.6 Å². The zero-order valence-electron chi connectivity index (χ0n) is 10.3. The predicted octanol–water partition coefficient (Wildman–Crippen LogP) is 2.37. The number of hydrogen-bond acceptors (Lipinski definition) is 3. The average Bonchev–Trinajstić information content (AvgIpc) is 2.85. The number of nitrogens with one attached hydrogen (secondary N) is 1. The third kappa shape index (κ3) is 3.42. The van der Waals surface area contributed by atoms with Crippen LogP contribution in [-0.4, -0.2) is 32.6 Å². The number of benzene rings is 1. The summed E-state index contributed by atoms with van der Waals surface area (Å²) in [7, 11) is 1.84. The lowest BCUT2D eigenvalue weighted by Crippen LogP contribution is -2.32. The largest absolute Gasteiger partial charge is 0.350 e. The minimum absolute atomic E-state index is 0.0718. The summed E-state index contributed by atoms with van der Waals surface area (Å²) >= 11 is 6.02. The topological polar surface area (TPSA) is 30.5 Å². The fourth-order valence-electron chi connectivity index (χ4n) is 2.05. The summed E-state index contributed by atoms with van der Waals surface area (Å²) in [6, 6.07) is 4.81. The van der Waals surface area contributed by atoms with Gasteiger partial charge in [-0.05, 0) is 25.6 Å². The van der Waals surface area contributed by atoms with Crippen LogP contribution in [0.4, 0.5) is 4.39 Å². The summed E-state index contributed by atoms with van der Waals surface area (Å²) in [5.41, 5.74) is 0.538. The first kappa shape index (κ1) is 13.7. The molecule has 0 amide bonds. The summed E-state index contributed by atoms with van der Waals surface area (Å²) in [5, 5.41) is 3.61. The second kappa shape index (κ2) is 6.48. The Morgan fingerprint density at radius 2 is 2.17 bits per heavy atom. The van der Waals surface area contributed by atoms with Gasteiger partial charge in [-0.3, -0.25) is 0 Å². The van der Waals surface area contributed by atoms with Crippen LogP contribution in [-0.2, 0) is 15.9 Å². The molecule has 1 saturated heterocycles. The van der Waals surface area contributed by atoms with Crippen LogP contribution in [0, 0.1) is 5.82 Å². The summed E-state index contributed by atoms with van der Waals surface area (Å²) in [6.07, 6.45) is 1.000. The van der Waals surface area contributed by atoms with E-state index in [0.717, 1.165) is 0 Å². The molecule has 0 aromatic heterocycles. The van der Waals surface area contributed by atoms with Gasteiger partial charge in [0, 0.05) is 23.0 Å². The zero-order valence-corrected chi connectivity index (χ0v) is 11.0. The molecule has 1 aliphatic rings. The standard InChI is InChI=1S/C13H17ClFNO2/c1-16-9(8-13-17-5-6-18-13)7-10-11(14)3-2-4-12(10)15/h2-4,9,13,16H,5-8H2,1H3. The van der Waals surface area contributed by atoms with Gasteiger partial charge in [0.15, 0.2) is 6.29 Å². The molecular weight excluding hydrogens is 257 g/mol. The van der Waals surface area contributed by atoms with E-state index < -0.39 is 0 Å². The van der Waals surface area contributed by atoms with Gasteiger partial charge in [0.2, 0.25) is 0 Å². The smallest absolute Gasteiger partial charge is 0.159 e. The molecule has 1 atom stereocenters. The molecule has 3 nitrogen and oxygen atoms in total. The van der Waals surface area contributed by atoms with Crippen molar-refractivity contribution in [1.29, 1.82) is 0 Å². The van der Waals surface area contributed by atoms with Crippen molar-refractivity contribution in [3.8, 4) is 0 Å². The van der Waals surface area contributed by atoms with Crippen molar-refractivity contribution >= 4 is 11.6 Å². The third-order valence-corrected chi connectivity index (χ3v) is 3.44. The fraction of sp³-hybridized carbons (Fsp3) is 0.538. The molecule has 100 valence electrons. The number of hydrogen-bond donors (Lipinski definition) is 1. The maximum Gasteiger partial charge on any atom is 0.159 e. The van der Waals surface area contributed by atoms with Crippen molar-refractivity contribution < 1.29 is 13.9 Å². The van der Waals surface area contributed by atoms with Gasteiger partial charge in [0.25, 0.3) is 0 Å². The number of rotatable bonds is 5. The van der Waals surface area contributed by atoms with Crippen LogP contribution in [0.3, 0.4) is 0 Å². The maximum atomic E-state index is 13.7. The summed E-state index contributed by atoms with van der Waals surface area (Å²) in [6.45, 7) is 1.25. The molecular formula is C13H17ClFNO2. The van der Waals surface area contributed by atoms with E-state index in [2.05, 4.69) is 5.32 Å². The van der Waals surface area contributed by atoms with Crippen molar-refractivity contribution in [2.45, 2.75) is 25.2 Å². The molecule has 18 heavy (non-hydrogen) atoms. The van der Waals surface area contributed by atoms with E-state index in [9.17, 15) is 4.39 Å². The molecule has 0 saturated carbocycles. The summed E-state index contributed by atoms with van der Waals surface area (Å²) in [4.78, 5) is 0. The molecule has 0 bridgehead atoms. The number of ether oxygens (including phenoxy) is 2. The van der Waals surface area contributed by atoms with E-state index >= 15 is 0 Å². The van der Waals surface area contributed by atoms with Gasteiger partial charge < -0.3 is 14.8 Å². The predicted molar refractivity (Wildman–Crippen MR) is 68.3 cm³/mol. The van der Waals surface area contributed by atoms with Gasteiger partial charge in [0.1, 0.15) is 5.82 Å². The summed E-state index contributed by atoms with van der Waals surface area (Å²) in [5.74, 6) is -0.268. The first-order chi connectivity index (χ1) is 8.70. The van der Waals surface area contributed by atoms with E-state index in [1.165, 1.54) is 6.07 Å². The van der Waals surface area contributed by atoms with Crippen LogP contribution in [0.1, 0.15) is 12.0 Å². The summed E-state index contributed by atoms with van der Waals surface area (Å²) < 4.78 is 24.5. The van der Waals surface area contributed by atoms with Crippen molar-refractivity contribution in [3.63, 3.8) is 0 Å². The Balaban J connectivity index is 2.00. The minimum Gasteiger partial charge on any atom is -0.350 e. The van der Waals surface area contributed by atoms with Gasteiger partial charge in [-0.2, -0.15) is 0 Å². The van der Waals surface area contributed by atoms with Gasteiger partial charge >= 0.3 is 0 Å². The van der Waals surface area contributed by atoms with Crippen LogP contribution < -0.4 is 5.32 Å². The molecule has 2 rings (SSSR count). The second-order valence-electron chi connectivity index (χ2n) is 4.30. The molecule has 1 aliphatic heterocycles. The Bertz CT molecular complexity index is 376. The third-order valence-electron chi connectivity index (χ3n) is 3.09. The molecule has 1 unspecified atom stereocenters. The van der Waals surface area contributed by atoms with Gasteiger partial charge in [-0.25, -0.2) is 4.39 Å². The van der Waals surface area contributed by atoms with E-state index in [4.69, 9.17) is 21.1 Å². The van der Waals surface area contributed by atoms with Crippen LogP contribution in [0.2, 0.25) is 5.02 Å². The molecule has 1 aromatic carbocycles. The van der Waals surface area contributed by atoms with Crippen LogP contribution in [0.15, 0.2) is 18.2 Å². The van der Waals surface area contributed by atoms with Gasteiger partial charge in [-0.1, -0.05) is 17.7 Å². The quantitative estimate of drug-likeness (QED) is 0.893. The molecule has 1 fully saturated rings. The SMILES string of the molecule is CNC(Cc1c(F)cccc1Cl)CC1OCCO1. The van der Waals surface area contributed by atoms with Crippen molar-refractivity contribution in [2.24, 2.45) is 0 Å². The lowest BCUT2D eigenvalue weighted by Gasteiger charge is -2.20.